The molecule has 0 aliphatic carbocycles. The first-order valence-corrected chi connectivity index (χ1v) is 8.77. The van der Waals surface area contributed by atoms with E-state index in [-0.39, 0.29) is 18.1 Å². The van der Waals surface area contributed by atoms with Crippen molar-refractivity contribution < 1.29 is 14.3 Å². The summed E-state index contributed by atoms with van der Waals surface area (Å²) in [4.78, 5) is 33.3. The molecule has 5 heterocycles. The first-order valence-electron chi connectivity index (χ1n) is 8.77. The molecule has 5 rings (SSSR count). The first-order chi connectivity index (χ1) is 12.6. The van der Waals surface area contributed by atoms with Crippen molar-refractivity contribution >= 4 is 17.8 Å². The zero-order chi connectivity index (χ0) is 17.8. The molecule has 2 N–H and O–H groups in total. The molecule has 4 aliphatic heterocycles. The van der Waals surface area contributed by atoms with Gasteiger partial charge in [-0.3, -0.25) is 14.7 Å². The molecule has 9 nitrogen and oxygen atoms in total. The maximum atomic E-state index is 12.5. The topological polar surface area (TPSA) is 84.2 Å². The van der Waals surface area contributed by atoms with Crippen LogP contribution in [0.2, 0.25) is 0 Å². The third-order valence-corrected chi connectivity index (χ3v) is 5.16. The van der Waals surface area contributed by atoms with E-state index >= 15 is 0 Å². The highest BCUT2D eigenvalue weighted by molar-refractivity contribution is 5.94. The first kappa shape index (κ1) is 15.3. The van der Waals surface area contributed by atoms with E-state index in [4.69, 9.17) is 4.74 Å². The molecule has 136 valence electrons. The average molecular weight is 356 g/mol. The molecule has 9 heteroatoms. The number of urea groups is 1. The smallest absolute Gasteiger partial charge is 0.339 e. The molecule has 1 aromatic heterocycles. The van der Waals surface area contributed by atoms with E-state index in [1.165, 1.54) is 5.01 Å². The van der Waals surface area contributed by atoms with Crippen LogP contribution in [0.1, 0.15) is 16.9 Å². The van der Waals surface area contributed by atoms with E-state index in [1.54, 1.807) is 24.2 Å². The molecule has 2 saturated heterocycles. The largest absolute Gasteiger partial charge is 0.488 e. The summed E-state index contributed by atoms with van der Waals surface area (Å²) in [5.74, 6) is 1.48. The van der Waals surface area contributed by atoms with Gasteiger partial charge in [0.2, 0.25) is 0 Å². The number of hydrazine groups is 1. The summed E-state index contributed by atoms with van der Waals surface area (Å²) in [6.45, 7) is 2.82. The molecule has 2 fully saturated rings. The van der Waals surface area contributed by atoms with Gasteiger partial charge in [-0.15, -0.1) is 0 Å². The number of aromatic nitrogens is 1. The number of carbonyl (C=O) groups is 2. The van der Waals surface area contributed by atoms with E-state index in [2.05, 4.69) is 15.3 Å². The number of allylic oxidation sites excluding steroid dienone is 1. The van der Waals surface area contributed by atoms with E-state index in [9.17, 15) is 9.59 Å². The Morgan fingerprint density at radius 1 is 1.31 bits per heavy atom. The minimum absolute atomic E-state index is 0.0122. The normalized spacial score (nSPS) is 24.1. The molecule has 0 bridgehead atoms. The number of rotatable bonds is 2. The van der Waals surface area contributed by atoms with Gasteiger partial charge < -0.3 is 19.5 Å². The van der Waals surface area contributed by atoms with Crippen LogP contribution in [0, 0.1) is 0 Å². The Morgan fingerprint density at radius 2 is 2.15 bits per heavy atom. The number of likely N-dealkylation sites (tertiary alicyclic amines) is 1. The van der Waals surface area contributed by atoms with Gasteiger partial charge in [0.15, 0.2) is 11.6 Å². The predicted octanol–water partition coefficient (Wildman–Crippen LogP) is 0.669. The second-order valence-corrected chi connectivity index (χ2v) is 6.77. The molecule has 1 atom stereocenters. The van der Waals surface area contributed by atoms with Gasteiger partial charge in [-0.2, -0.15) is 0 Å². The summed E-state index contributed by atoms with van der Waals surface area (Å²) in [6.07, 6.45) is 6.53. The maximum Gasteiger partial charge on any atom is 0.339 e. The molecule has 0 saturated carbocycles. The number of anilines is 1. The Hall–Kier alpha value is -2.94. The maximum absolute atomic E-state index is 12.5. The highest BCUT2D eigenvalue weighted by Crippen LogP contribution is 2.36. The minimum atomic E-state index is -0.212. The van der Waals surface area contributed by atoms with E-state index in [1.807, 2.05) is 17.1 Å². The van der Waals surface area contributed by atoms with Crippen molar-refractivity contribution in [2.45, 2.75) is 12.6 Å². The fourth-order valence-electron chi connectivity index (χ4n) is 3.59. The Kier molecular flexibility index (Phi) is 3.26. The monoisotopic (exact) mass is 356 g/mol. The fraction of sp³-hybridized carbons (Fsp3) is 0.412. The molecule has 4 aliphatic rings. The van der Waals surface area contributed by atoms with Crippen LogP contribution < -0.4 is 15.1 Å². The van der Waals surface area contributed by atoms with E-state index in [0.717, 1.165) is 31.0 Å². The molecule has 0 radical (unpaired) electrons. The highest BCUT2D eigenvalue weighted by Gasteiger charge is 2.36. The van der Waals surface area contributed by atoms with Crippen LogP contribution in [-0.4, -0.2) is 71.2 Å². The summed E-state index contributed by atoms with van der Waals surface area (Å²) in [5.41, 5.74) is 4.61. The summed E-state index contributed by atoms with van der Waals surface area (Å²) in [5, 5.41) is 1.47. The summed E-state index contributed by atoms with van der Waals surface area (Å²) in [6, 6.07) is 1.69. The van der Waals surface area contributed by atoms with Crippen LogP contribution in [-0.2, 0) is 0 Å². The molecule has 0 aromatic carbocycles. The van der Waals surface area contributed by atoms with Gasteiger partial charge in [-0.25, -0.2) is 10.2 Å². The average Bonchev–Trinajstić information content (AvgIpc) is 3.14. The number of carbonyl (C=O) groups excluding carboxylic acids is 2. The third-order valence-electron chi connectivity index (χ3n) is 5.16. The van der Waals surface area contributed by atoms with Crippen LogP contribution in [0.25, 0.3) is 0 Å². The van der Waals surface area contributed by atoms with Crippen molar-refractivity contribution in [3.63, 3.8) is 0 Å². The van der Waals surface area contributed by atoms with Crippen molar-refractivity contribution in [3.05, 3.63) is 35.8 Å². The standard InChI is InChI=1S/C17H20N6O3/c1-20-17(25)23-6-3-11(9-14(23)19-20)22-7-8-26-13-10-12(18-15(13)22)16(24)21-4-2-5-21/h3,6,9-10,14,18-19H,2,4-5,7-8H2,1H3. The molecular weight excluding hydrogens is 336 g/mol. The van der Waals surface area contributed by atoms with Gasteiger partial charge in [0, 0.05) is 38.1 Å². The zero-order valence-electron chi connectivity index (χ0n) is 14.4. The summed E-state index contributed by atoms with van der Waals surface area (Å²) in [7, 11) is 1.70. The van der Waals surface area contributed by atoms with Gasteiger partial charge in [-0.1, -0.05) is 0 Å². The fourth-order valence-corrected chi connectivity index (χ4v) is 3.59. The van der Waals surface area contributed by atoms with Crippen LogP contribution in [0.3, 0.4) is 0 Å². The molecular formula is C17H20N6O3. The van der Waals surface area contributed by atoms with E-state index in [0.29, 0.717) is 24.6 Å². The van der Waals surface area contributed by atoms with Gasteiger partial charge in [0.1, 0.15) is 18.5 Å². The van der Waals surface area contributed by atoms with Crippen molar-refractivity contribution in [2.75, 3.05) is 38.2 Å². The number of amides is 3. The minimum Gasteiger partial charge on any atom is -0.488 e. The van der Waals surface area contributed by atoms with Gasteiger partial charge in [0.25, 0.3) is 5.91 Å². The number of H-pyrrole nitrogens is 1. The van der Waals surface area contributed by atoms with Crippen LogP contribution in [0.5, 0.6) is 5.75 Å². The summed E-state index contributed by atoms with van der Waals surface area (Å²) < 4.78 is 5.74. The SMILES string of the molecule is CN1NC2C=C(N3CCOc4cc(C(=O)N5CCC5)[nH]c43)C=CN2C1=O. The van der Waals surface area contributed by atoms with Gasteiger partial charge in [0.05, 0.1) is 6.54 Å². The quantitative estimate of drug-likeness (QED) is 0.814. The van der Waals surface area contributed by atoms with Crippen molar-refractivity contribution in [3.8, 4) is 5.75 Å². The lowest BCUT2D eigenvalue weighted by atomic mass is 10.2. The van der Waals surface area contributed by atoms with Crippen molar-refractivity contribution in [2.24, 2.45) is 0 Å². The molecule has 1 aromatic rings. The van der Waals surface area contributed by atoms with Crippen LogP contribution in [0.15, 0.2) is 30.1 Å². The number of nitrogens with zero attached hydrogens (tertiary/aromatic N) is 4. The molecule has 0 spiro atoms. The molecule has 3 amide bonds. The highest BCUT2D eigenvalue weighted by atomic mass is 16.5. The summed E-state index contributed by atoms with van der Waals surface area (Å²) >= 11 is 0. The van der Waals surface area contributed by atoms with E-state index < -0.39 is 0 Å². The van der Waals surface area contributed by atoms with Crippen LogP contribution in [0.4, 0.5) is 10.6 Å². The lowest BCUT2D eigenvalue weighted by Gasteiger charge is -2.32. The number of hydrogen-bond acceptors (Lipinski definition) is 5. The van der Waals surface area contributed by atoms with Gasteiger partial charge in [-0.05, 0) is 18.6 Å². The molecule has 26 heavy (non-hydrogen) atoms. The van der Waals surface area contributed by atoms with Crippen molar-refractivity contribution in [1.29, 1.82) is 0 Å². The number of aromatic amines is 1. The molecule has 1 unspecified atom stereocenters. The number of fused-ring (bicyclic) bond motifs is 2. The second kappa shape index (κ2) is 5.53. The number of nitrogens with one attached hydrogen (secondary N) is 2. The Morgan fingerprint density at radius 3 is 2.92 bits per heavy atom. The van der Waals surface area contributed by atoms with Crippen molar-refractivity contribution in [1.82, 2.24) is 25.2 Å². The lowest BCUT2D eigenvalue weighted by Crippen LogP contribution is -2.42. The number of hydrogen-bond donors (Lipinski definition) is 2. The van der Waals surface area contributed by atoms with Gasteiger partial charge >= 0.3 is 6.03 Å². The lowest BCUT2D eigenvalue weighted by molar-refractivity contribution is 0.0646. The predicted molar refractivity (Wildman–Crippen MR) is 93.3 cm³/mol. The number of ether oxygens (including phenoxy) is 1. The Bertz CT molecular complexity index is 840. The third kappa shape index (κ3) is 2.20. The van der Waals surface area contributed by atoms with Crippen LogP contribution >= 0.6 is 0 Å². The zero-order valence-corrected chi connectivity index (χ0v) is 14.4. The second-order valence-electron chi connectivity index (χ2n) is 6.77. The Labute approximate surface area is 150 Å². The Balaban J connectivity index is 1.44.